The molecule has 0 heterocycles. The monoisotopic (exact) mass is 442 g/mol. The van der Waals surface area contributed by atoms with Gasteiger partial charge in [-0.15, -0.1) is 0 Å². The second-order valence-corrected chi connectivity index (χ2v) is 11.8. The van der Waals surface area contributed by atoms with Crippen LogP contribution in [-0.2, 0) is 19.2 Å². The van der Waals surface area contributed by atoms with E-state index in [0.29, 0.717) is 0 Å². The molecule has 0 spiro atoms. The molecule has 4 N–H and O–H groups in total. The first-order chi connectivity index (χ1) is 13.6. The highest BCUT2D eigenvalue weighted by atomic mass is 16.4. The summed E-state index contributed by atoms with van der Waals surface area (Å²) < 4.78 is 0. The summed E-state index contributed by atoms with van der Waals surface area (Å²) in [6.45, 7) is 17.8. The Labute approximate surface area is 186 Å². The van der Waals surface area contributed by atoms with Crippen LogP contribution < -0.4 is 10.6 Å². The molecule has 0 saturated heterocycles. The Morgan fingerprint density at radius 3 is 1.58 bits per heavy atom. The number of carbonyl (C=O) groups excluding carboxylic acids is 2. The molecular formula is C23H42N2O6. The minimum absolute atomic E-state index is 0.163. The molecule has 0 aliphatic rings. The summed E-state index contributed by atoms with van der Waals surface area (Å²) >= 11 is 0. The van der Waals surface area contributed by atoms with Crippen LogP contribution >= 0.6 is 0 Å². The van der Waals surface area contributed by atoms with Crippen LogP contribution in [0.3, 0.4) is 0 Å². The van der Waals surface area contributed by atoms with Gasteiger partial charge in [-0.3, -0.25) is 24.5 Å². The Hall–Kier alpha value is -1.80. The van der Waals surface area contributed by atoms with Crippen LogP contribution in [0, 0.1) is 10.8 Å². The zero-order chi connectivity index (χ0) is 25.0. The molecule has 180 valence electrons. The summed E-state index contributed by atoms with van der Waals surface area (Å²) in [7, 11) is 0. The summed E-state index contributed by atoms with van der Waals surface area (Å²) in [4.78, 5) is 48.7. The molecular weight excluding hydrogens is 400 g/mol. The maximum Gasteiger partial charge on any atom is 0.321 e. The molecule has 31 heavy (non-hydrogen) atoms. The lowest BCUT2D eigenvalue weighted by atomic mass is 9.73. The maximum absolute atomic E-state index is 13.3. The third-order valence-electron chi connectivity index (χ3n) is 4.94. The van der Waals surface area contributed by atoms with Gasteiger partial charge in [-0.2, -0.15) is 0 Å². The van der Waals surface area contributed by atoms with Gasteiger partial charge < -0.3 is 15.5 Å². The van der Waals surface area contributed by atoms with E-state index in [4.69, 9.17) is 0 Å². The number of hydrogen-bond acceptors (Lipinski definition) is 6. The molecule has 0 aromatic heterocycles. The fourth-order valence-corrected chi connectivity index (χ4v) is 3.78. The predicted molar refractivity (Wildman–Crippen MR) is 120 cm³/mol. The van der Waals surface area contributed by atoms with Crippen molar-refractivity contribution in [2.45, 2.75) is 112 Å². The van der Waals surface area contributed by atoms with E-state index in [-0.39, 0.29) is 30.8 Å². The summed E-state index contributed by atoms with van der Waals surface area (Å²) in [5, 5.41) is 25.0. The number of carboxylic acid groups (broad SMARTS) is 2. The third-order valence-corrected chi connectivity index (χ3v) is 4.94. The van der Waals surface area contributed by atoms with Crippen molar-refractivity contribution in [2.75, 3.05) is 0 Å². The van der Waals surface area contributed by atoms with Crippen LogP contribution in [0.1, 0.15) is 88.5 Å². The number of rotatable bonds is 12. The predicted octanol–water partition coefficient (Wildman–Crippen LogP) is 3.03. The fourth-order valence-electron chi connectivity index (χ4n) is 3.78. The van der Waals surface area contributed by atoms with Crippen LogP contribution in [0.25, 0.3) is 0 Å². The minimum Gasteiger partial charge on any atom is -0.481 e. The second-order valence-electron chi connectivity index (χ2n) is 11.8. The quantitative estimate of drug-likeness (QED) is 0.362. The number of carbonyl (C=O) groups is 4. The van der Waals surface area contributed by atoms with E-state index in [1.54, 1.807) is 48.5 Å². The molecule has 0 saturated carbocycles. The van der Waals surface area contributed by atoms with Crippen molar-refractivity contribution in [2.24, 2.45) is 10.8 Å². The summed E-state index contributed by atoms with van der Waals surface area (Å²) in [6.07, 6.45) is -0.247. The smallest absolute Gasteiger partial charge is 0.321 e. The average molecular weight is 443 g/mol. The molecule has 0 aromatic carbocycles. The van der Waals surface area contributed by atoms with Gasteiger partial charge in [-0.1, -0.05) is 34.6 Å². The van der Waals surface area contributed by atoms with Crippen molar-refractivity contribution in [3.63, 3.8) is 0 Å². The van der Waals surface area contributed by atoms with Gasteiger partial charge in [-0.25, -0.2) is 0 Å². The largest absolute Gasteiger partial charge is 0.481 e. The Balaban J connectivity index is 5.57. The van der Waals surface area contributed by atoms with Crippen molar-refractivity contribution in [3.8, 4) is 0 Å². The first-order valence-corrected chi connectivity index (χ1v) is 10.6. The van der Waals surface area contributed by atoms with Crippen LogP contribution in [0.15, 0.2) is 0 Å². The summed E-state index contributed by atoms with van der Waals surface area (Å²) in [5.41, 5.74) is -2.85. The number of Topliss-reactive ketones (excluding diaryl/α,β-unsaturated/α-hetero) is 2. The van der Waals surface area contributed by atoms with Crippen molar-refractivity contribution in [3.05, 3.63) is 0 Å². The average Bonchev–Trinajstić information content (AvgIpc) is 2.48. The van der Waals surface area contributed by atoms with E-state index in [2.05, 4.69) is 10.6 Å². The first-order valence-electron chi connectivity index (χ1n) is 10.6. The molecule has 0 amide bonds. The normalized spacial score (nSPS) is 15.3. The number of hydrogen-bond donors (Lipinski definition) is 4. The molecule has 2 unspecified atom stereocenters. The van der Waals surface area contributed by atoms with E-state index in [1.807, 2.05) is 20.8 Å². The van der Waals surface area contributed by atoms with Gasteiger partial charge >= 0.3 is 11.9 Å². The van der Waals surface area contributed by atoms with Gasteiger partial charge in [0, 0.05) is 28.3 Å². The van der Waals surface area contributed by atoms with Gasteiger partial charge in [0.1, 0.15) is 11.8 Å². The van der Waals surface area contributed by atoms with Gasteiger partial charge in [0.15, 0.2) is 5.78 Å². The highest BCUT2D eigenvalue weighted by Crippen LogP contribution is 2.32. The molecule has 0 aliphatic heterocycles. The topological polar surface area (TPSA) is 133 Å². The highest BCUT2D eigenvalue weighted by molar-refractivity contribution is 5.92. The summed E-state index contributed by atoms with van der Waals surface area (Å²) in [6, 6.07) is -1.96. The number of ketones is 2. The minimum atomic E-state index is -1.13. The van der Waals surface area contributed by atoms with Crippen molar-refractivity contribution < 1.29 is 29.4 Å². The van der Waals surface area contributed by atoms with Crippen LogP contribution in [0.4, 0.5) is 0 Å². The maximum atomic E-state index is 13.3. The molecule has 0 rings (SSSR count). The lowest BCUT2D eigenvalue weighted by Gasteiger charge is -2.39. The molecule has 0 radical (unpaired) electrons. The van der Waals surface area contributed by atoms with Gasteiger partial charge in [0.25, 0.3) is 0 Å². The molecule has 8 heteroatoms. The lowest BCUT2D eigenvalue weighted by molar-refractivity contribution is -0.143. The Kier molecular flexibility index (Phi) is 9.62. The Bertz CT molecular complexity index is 683. The Morgan fingerprint density at radius 2 is 1.23 bits per heavy atom. The van der Waals surface area contributed by atoms with E-state index >= 15 is 0 Å². The molecule has 8 nitrogen and oxygen atoms in total. The highest BCUT2D eigenvalue weighted by Gasteiger charge is 2.41. The molecule has 2 atom stereocenters. The van der Waals surface area contributed by atoms with Crippen LogP contribution in [0.2, 0.25) is 0 Å². The lowest BCUT2D eigenvalue weighted by Crippen LogP contribution is -2.56. The van der Waals surface area contributed by atoms with Gasteiger partial charge in [0.05, 0.1) is 12.5 Å². The standard InChI is InChI=1S/C23H42N2O6/c1-20(2,3)16(26)11-15(19(30)31)25-23(9,10)13-22(7,8)18(29)14(12-17(27)28)24-21(4,5)6/h14-15,24-25H,11-13H2,1-10H3,(H,27,28)(H,30,31). The fraction of sp³-hybridized carbons (Fsp3) is 0.826. The zero-order valence-corrected chi connectivity index (χ0v) is 20.8. The summed E-state index contributed by atoms with van der Waals surface area (Å²) in [5.74, 6) is -2.63. The van der Waals surface area contributed by atoms with Crippen LogP contribution in [-0.4, -0.2) is 56.9 Å². The van der Waals surface area contributed by atoms with E-state index in [9.17, 15) is 29.4 Å². The SMILES string of the molecule is CC(C)(C)NC(CC(=O)O)C(=O)C(C)(C)CC(C)(C)NC(CC(=O)C(C)(C)C)C(=O)O. The van der Waals surface area contributed by atoms with E-state index < -0.39 is 45.9 Å². The van der Waals surface area contributed by atoms with Crippen molar-refractivity contribution >= 4 is 23.5 Å². The van der Waals surface area contributed by atoms with E-state index in [1.165, 1.54) is 0 Å². The Morgan fingerprint density at radius 1 is 0.742 bits per heavy atom. The number of nitrogens with one attached hydrogen (secondary N) is 2. The van der Waals surface area contributed by atoms with Crippen LogP contribution in [0.5, 0.6) is 0 Å². The number of aliphatic carboxylic acids is 2. The number of carboxylic acids is 2. The second kappa shape index (κ2) is 10.2. The zero-order valence-electron chi connectivity index (χ0n) is 20.8. The van der Waals surface area contributed by atoms with Gasteiger partial charge in [-0.05, 0) is 41.0 Å². The molecule has 0 fully saturated rings. The van der Waals surface area contributed by atoms with E-state index in [0.717, 1.165) is 0 Å². The third kappa shape index (κ3) is 10.9. The molecule has 0 aromatic rings. The van der Waals surface area contributed by atoms with Crippen molar-refractivity contribution in [1.82, 2.24) is 10.6 Å². The molecule has 0 aliphatic carbocycles. The van der Waals surface area contributed by atoms with Crippen molar-refractivity contribution in [1.29, 1.82) is 0 Å². The first kappa shape index (κ1) is 29.2. The molecule has 0 bridgehead atoms. The van der Waals surface area contributed by atoms with Gasteiger partial charge in [0.2, 0.25) is 0 Å².